The molecule has 0 aromatic heterocycles. The fourth-order valence-electron chi connectivity index (χ4n) is 2.99. The molecule has 2 rings (SSSR count). The Hall–Kier alpha value is -1.91. The molecule has 1 fully saturated rings. The maximum absolute atomic E-state index is 12.0. The summed E-state index contributed by atoms with van der Waals surface area (Å²) in [5, 5.41) is 2.97. The number of hydrogen-bond acceptors (Lipinski definition) is 4. The lowest BCUT2D eigenvalue weighted by Crippen LogP contribution is -2.38. The summed E-state index contributed by atoms with van der Waals surface area (Å²) in [5.41, 5.74) is 1.01. The number of methoxy groups -OCH3 is 2. The molecule has 1 unspecified atom stereocenters. The number of nitrogens with one attached hydrogen (secondary N) is 1. The van der Waals surface area contributed by atoms with Gasteiger partial charge in [0.05, 0.1) is 14.2 Å². The lowest BCUT2D eigenvalue weighted by Gasteiger charge is -2.23. The summed E-state index contributed by atoms with van der Waals surface area (Å²) in [6, 6.07) is 5.95. The van der Waals surface area contributed by atoms with E-state index in [9.17, 15) is 4.79 Å². The average Bonchev–Trinajstić information content (AvgIpc) is 2.54. The van der Waals surface area contributed by atoms with E-state index in [-0.39, 0.29) is 18.2 Å². The molecule has 0 bridgehead atoms. The molecule has 1 atom stereocenters. The van der Waals surface area contributed by atoms with Gasteiger partial charge < -0.3 is 19.5 Å². The van der Waals surface area contributed by atoms with Crippen LogP contribution in [0.5, 0.6) is 11.5 Å². The predicted molar refractivity (Wildman–Crippen MR) is 89.2 cm³/mol. The van der Waals surface area contributed by atoms with Gasteiger partial charge in [-0.15, -0.1) is 0 Å². The number of amides is 1. The van der Waals surface area contributed by atoms with Gasteiger partial charge in [-0.3, -0.25) is 0 Å². The minimum atomic E-state index is -0.320. The lowest BCUT2D eigenvalue weighted by molar-refractivity contribution is 0.102. The molecule has 1 aliphatic carbocycles. The van der Waals surface area contributed by atoms with Crippen molar-refractivity contribution in [1.29, 1.82) is 0 Å². The van der Waals surface area contributed by atoms with E-state index in [4.69, 9.17) is 14.2 Å². The molecule has 0 saturated heterocycles. The largest absolute Gasteiger partial charge is 0.497 e. The highest BCUT2D eigenvalue weighted by Gasteiger charge is 2.18. The van der Waals surface area contributed by atoms with Crippen molar-refractivity contribution in [3.05, 3.63) is 23.8 Å². The van der Waals surface area contributed by atoms with Gasteiger partial charge in [-0.2, -0.15) is 0 Å². The quantitative estimate of drug-likeness (QED) is 0.868. The summed E-state index contributed by atoms with van der Waals surface area (Å²) in [5.74, 6) is 1.47. The normalized spacial score (nSPS) is 16.5. The van der Waals surface area contributed by atoms with E-state index in [1.165, 1.54) is 19.3 Å². The highest BCUT2D eigenvalue weighted by Crippen LogP contribution is 2.24. The summed E-state index contributed by atoms with van der Waals surface area (Å²) in [7, 11) is 3.24. The van der Waals surface area contributed by atoms with Crippen LogP contribution in [0, 0.1) is 0 Å². The molecular weight excluding hydrogens is 294 g/mol. The van der Waals surface area contributed by atoms with Gasteiger partial charge in [0, 0.05) is 18.5 Å². The Morgan fingerprint density at radius 2 is 1.74 bits per heavy atom. The Balaban J connectivity index is 1.85. The van der Waals surface area contributed by atoms with Gasteiger partial charge >= 0.3 is 6.09 Å². The van der Waals surface area contributed by atoms with Gasteiger partial charge in [-0.1, -0.05) is 19.3 Å². The fourth-order valence-corrected chi connectivity index (χ4v) is 2.99. The van der Waals surface area contributed by atoms with Gasteiger partial charge in [0.15, 0.2) is 0 Å². The molecule has 1 aromatic rings. The van der Waals surface area contributed by atoms with E-state index < -0.39 is 0 Å². The predicted octanol–water partition coefficient (Wildman–Crippen LogP) is 3.69. The van der Waals surface area contributed by atoms with Gasteiger partial charge in [-0.25, -0.2) is 4.79 Å². The van der Waals surface area contributed by atoms with Gasteiger partial charge in [0.25, 0.3) is 0 Å². The number of benzene rings is 1. The van der Waals surface area contributed by atoms with Crippen LogP contribution in [-0.2, 0) is 11.2 Å². The molecule has 0 spiro atoms. The van der Waals surface area contributed by atoms with E-state index in [0.717, 1.165) is 29.9 Å². The maximum atomic E-state index is 12.0. The summed E-state index contributed by atoms with van der Waals surface area (Å²) in [4.78, 5) is 12.0. The number of hydrogen-bond donors (Lipinski definition) is 1. The van der Waals surface area contributed by atoms with Gasteiger partial charge in [-0.05, 0) is 37.5 Å². The van der Waals surface area contributed by atoms with Crippen molar-refractivity contribution < 1.29 is 19.0 Å². The highest BCUT2D eigenvalue weighted by atomic mass is 16.6. The second-order valence-corrected chi connectivity index (χ2v) is 6.12. The van der Waals surface area contributed by atoms with Crippen LogP contribution in [-0.4, -0.2) is 32.5 Å². The van der Waals surface area contributed by atoms with Crippen LogP contribution in [0.2, 0.25) is 0 Å². The molecule has 1 amide bonds. The summed E-state index contributed by atoms with van der Waals surface area (Å²) < 4.78 is 16.0. The molecule has 1 N–H and O–H groups in total. The topological polar surface area (TPSA) is 56.8 Å². The SMILES string of the molecule is COc1cc(CC(C)OC(=O)NC2CCCCC2)cc(OC)c1. The molecule has 1 aliphatic rings. The van der Waals surface area contributed by atoms with Crippen LogP contribution in [0.25, 0.3) is 0 Å². The van der Waals surface area contributed by atoms with Crippen molar-refractivity contribution >= 4 is 6.09 Å². The Labute approximate surface area is 138 Å². The standard InChI is InChI=1S/C18H27NO4/c1-13(23-18(20)19-15-7-5-4-6-8-15)9-14-10-16(21-2)12-17(11-14)22-3/h10-13,15H,4-9H2,1-3H3,(H,19,20). The number of ether oxygens (including phenoxy) is 3. The molecule has 0 heterocycles. The number of carbonyl (C=O) groups excluding carboxylic acids is 1. The van der Waals surface area contributed by atoms with Gasteiger partial charge in [0.1, 0.15) is 17.6 Å². The van der Waals surface area contributed by atoms with Crippen LogP contribution in [0.1, 0.15) is 44.6 Å². The molecule has 128 valence electrons. The first kappa shape index (κ1) is 17.4. The minimum absolute atomic E-state index is 0.213. The van der Waals surface area contributed by atoms with Crippen molar-refractivity contribution in [3.63, 3.8) is 0 Å². The molecule has 0 radical (unpaired) electrons. The Bertz CT molecular complexity index is 489. The summed E-state index contributed by atoms with van der Waals surface area (Å²) in [6.45, 7) is 1.90. The molecule has 1 saturated carbocycles. The van der Waals surface area contributed by atoms with E-state index in [0.29, 0.717) is 6.42 Å². The van der Waals surface area contributed by atoms with Crippen molar-refractivity contribution in [2.45, 2.75) is 57.6 Å². The van der Waals surface area contributed by atoms with Crippen molar-refractivity contribution in [3.8, 4) is 11.5 Å². The Morgan fingerprint density at radius 1 is 1.13 bits per heavy atom. The van der Waals surface area contributed by atoms with E-state index in [1.54, 1.807) is 14.2 Å². The monoisotopic (exact) mass is 321 g/mol. The summed E-state index contributed by atoms with van der Waals surface area (Å²) >= 11 is 0. The van der Waals surface area contributed by atoms with E-state index in [2.05, 4.69) is 5.32 Å². The van der Waals surface area contributed by atoms with Crippen LogP contribution >= 0.6 is 0 Å². The first-order valence-electron chi connectivity index (χ1n) is 8.30. The molecule has 23 heavy (non-hydrogen) atoms. The molecule has 1 aromatic carbocycles. The van der Waals surface area contributed by atoms with Crippen molar-refractivity contribution in [2.24, 2.45) is 0 Å². The third-order valence-electron chi connectivity index (χ3n) is 4.17. The number of carbonyl (C=O) groups is 1. The fraction of sp³-hybridized carbons (Fsp3) is 0.611. The second-order valence-electron chi connectivity index (χ2n) is 6.12. The highest BCUT2D eigenvalue weighted by molar-refractivity contribution is 5.67. The smallest absolute Gasteiger partial charge is 0.407 e. The number of rotatable bonds is 6. The molecular formula is C18H27NO4. The zero-order chi connectivity index (χ0) is 16.7. The van der Waals surface area contributed by atoms with E-state index in [1.807, 2.05) is 25.1 Å². The molecule has 5 heteroatoms. The Morgan fingerprint density at radius 3 is 2.30 bits per heavy atom. The van der Waals surface area contributed by atoms with Gasteiger partial charge in [0.2, 0.25) is 0 Å². The molecule has 5 nitrogen and oxygen atoms in total. The second kappa shape index (κ2) is 8.65. The van der Waals surface area contributed by atoms with Crippen LogP contribution < -0.4 is 14.8 Å². The lowest BCUT2D eigenvalue weighted by atomic mass is 9.96. The Kier molecular flexibility index (Phi) is 6.56. The first-order chi connectivity index (χ1) is 11.1. The van der Waals surface area contributed by atoms with Crippen LogP contribution in [0.3, 0.4) is 0 Å². The third kappa shape index (κ3) is 5.66. The zero-order valence-electron chi connectivity index (χ0n) is 14.3. The maximum Gasteiger partial charge on any atom is 0.407 e. The third-order valence-corrected chi connectivity index (χ3v) is 4.17. The van der Waals surface area contributed by atoms with Crippen molar-refractivity contribution in [1.82, 2.24) is 5.32 Å². The van der Waals surface area contributed by atoms with Crippen LogP contribution in [0.4, 0.5) is 4.79 Å². The van der Waals surface area contributed by atoms with Crippen molar-refractivity contribution in [2.75, 3.05) is 14.2 Å². The van der Waals surface area contributed by atoms with E-state index >= 15 is 0 Å². The molecule has 0 aliphatic heterocycles. The zero-order valence-corrected chi connectivity index (χ0v) is 14.3. The minimum Gasteiger partial charge on any atom is -0.497 e. The summed E-state index contributed by atoms with van der Waals surface area (Å²) in [6.07, 6.45) is 5.82. The van der Waals surface area contributed by atoms with Crippen LogP contribution in [0.15, 0.2) is 18.2 Å². The average molecular weight is 321 g/mol. The number of alkyl carbamates (subject to hydrolysis) is 1. The first-order valence-corrected chi connectivity index (χ1v) is 8.30.